The highest BCUT2D eigenvalue weighted by atomic mass is 16.7. The third kappa shape index (κ3) is 5.99. The van der Waals surface area contributed by atoms with Crippen LogP contribution in [0.2, 0.25) is 0 Å². The Hall–Kier alpha value is -0.670. The van der Waals surface area contributed by atoms with Crippen LogP contribution in [0.15, 0.2) is 0 Å². The van der Waals surface area contributed by atoms with Crippen molar-refractivity contribution in [2.24, 2.45) is 0 Å². The lowest BCUT2D eigenvalue weighted by Crippen LogP contribution is -2.26. The molecule has 2 unspecified atom stereocenters. The highest BCUT2D eigenvalue weighted by molar-refractivity contribution is 4.70. The topological polar surface area (TPSA) is 46.3 Å². The van der Waals surface area contributed by atoms with E-state index in [1.165, 1.54) is 0 Å². The molecule has 0 aromatic heterocycles. The molecule has 0 radical (unpaired) electrons. The largest absolute Gasteiger partial charge is 0.396 e. The monoisotopic (exact) mass is 242 g/mol. The van der Waals surface area contributed by atoms with Gasteiger partial charge < -0.3 is 24.3 Å². The molecule has 0 spiro atoms. The molecule has 0 saturated carbocycles. The highest BCUT2D eigenvalue weighted by Crippen LogP contribution is 2.17. The zero-order chi connectivity index (χ0) is 12.5. The molecule has 1 rings (SSSR count). The van der Waals surface area contributed by atoms with Crippen LogP contribution >= 0.6 is 0 Å². The summed E-state index contributed by atoms with van der Waals surface area (Å²) in [6, 6.07) is 0. The number of hydrogen-bond acceptors (Lipinski definition) is 4. The van der Waals surface area contributed by atoms with E-state index >= 15 is 0 Å². The predicted octanol–water partition coefficient (Wildman–Crippen LogP) is 0.742. The van der Waals surface area contributed by atoms with Crippen molar-refractivity contribution in [1.82, 2.24) is 4.90 Å². The summed E-state index contributed by atoms with van der Waals surface area (Å²) in [7, 11) is 2.04. The maximum absolute atomic E-state index is 8.72. The average molecular weight is 242 g/mol. The van der Waals surface area contributed by atoms with Gasteiger partial charge in [-0.3, -0.25) is 0 Å². The summed E-state index contributed by atoms with van der Waals surface area (Å²) in [5.41, 5.74) is 0. The van der Waals surface area contributed by atoms with Gasteiger partial charge in [0, 0.05) is 19.7 Å². The summed E-state index contributed by atoms with van der Waals surface area (Å²) < 4.78 is 11.1. The third-order valence-electron chi connectivity index (χ3n) is 2.82. The fraction of sp³-hybridized carbons (Fsp3) is 0.917. The predicted molar refractivity (Wildman–Crippen MR) is 64.5 cm³/mol. The quantitative estimate of drug-likeness (QED) is 0.638. The number of hydrogen-bond donors (Lipinski definition) is 1. The minimum atomic E-state index is -0.183. The first-order chi connectivity index (χ1) is 8.26. The lowest BCUT2D eigenvalue weighted by Gasteiger charge is -2.17. The van der Waals surface area contributed by atoms with Crippen LogP contribution in [-0.2, 0) is 9.47 Å². The van der Waals surface area contributed by atoms with E-state index in [0.29, 0.717) is 19.6 Å². The van der Waals surface area contributed by atoms with Gasteiger partial charge in [0.1, 0.15) is 0 Å². The maximum Gasteiger partial charge on any atom is 0.219 e. The molecule has 1 N–H and O–H groups in total. The normalized spacial score (nSPS) is 24.1. The molecule has 0 bridgehead atoms. The molecule has 1 aliphatic heterocycles. The minimum Gasteiger partial charge on any atom is -0.396 e. The van der Waals surface area contributed by atoms with Gasteiger partial charge in [0.25, 0.3) is 0 Å². The molecule has 1 fully saturated rings. The first-order valence-corrected chi connectivity index (χ1v) is 6.16. The van der Waals surface area contributed by atoms with Gasteiger partial charge in [-0.25, -0.2) is 6.57 Å². The number of rotatable bonds is 8. The summed E-state index contributed by atoms with van der Waals surface area (Å²) >= 11 is 0. The van der Waals surface area contributed by atoms with Crippen LogP contribution in [0, 0.1) is 6.57 Å². The molecular weight excluding hydrogens is 220 g/mol. The Labute approximate surface area is 103 Å². The summed E-state index contributed by atoms with van der Waals surface area (Å²) in [4.78, 5) is 5.48. The Morgan fingerprint density at radius 1 is 1.41 bits per heavy atom. The second kappa shape index (κ2) is 8.43. The van der Waals surface area contributed by atoms with E-state index in [0.717, 1.165) is 25.9 Å². The lowest BCUT2D eigenvalue weighted by atomic mass is 10.2. The Morgan fingerprint density at radius 2 is 2.24 bits per heavy atom. The summed E-state index contributed by atoms with van der Waals surface area (Å²) in [6.45, 7) is 9.90. The van der Waals surface area contributed by atoms with E-state index in [1.54, 1.807) is 0 Å². The Balaban J connectivity index is 2.07. The van der Waals surface area contributed by atoms with Gasteiger partial charge in [-0.1, -0.05) is 0 Å². The number of ether oxygens (including phenoxy) is 2. The Morgan fingerprint density at radius 3 is 2.94 bits per heavy atom. The maximum atomic E-state index is 8.72. The van der Waals surface area contributed by atoms with Crippen LogP contribution in [0.3, 0.4) is 0 Å². The van der Waals surface area contributed by atoms with Crippen LogP contribution in [-0.4, -0.2) is 62.3 Å². The molecule has 1 aliphatic rings. The number of nitrogens with zero attached hydrogens (tertiary/aromatic N) is 2. The summed E-state index contributed by atoms with van der Waals surface area (Å²) in [5.74, 6) is 0. The Kier molecular flexibility index (Phi) is 7.13. The molecule has 0 aliphatic carbocycles. The van der Waals surface area contributed by atoms with Crippen LogP contribution in [0.1, 0.15) is 19.3 Å². The van der Waals surface area contributed by atoms with Gasteiger partial charge in [-0.05, 0) is 19.9 Å². The van der Waals surface area contributed by atoms with Gasteiger partial charge in [0.05, 0.1) is 19.1 Å². The zero-order valence-electron chi connectivity index (χ0n) is 10.5. The third-order valence-corrected chi connectivity index (χ3v) is 2.82. The molecule has 2 atom stereocenters. The fourth-order valence-electron chi connectivity index (χ4n) is 1.80. The number of aliphatic hydroxyl groups excluding tert-OH is 1. The van der Waals surface area contributed by atoms with Gasteiger partial charge in [-0.2, -0.15) is 0 Å². The molecule has 0 aromatic rings. The molecule has 1 heterocycles. The van der Waals surface area contributed by atoms with Gasteiger partial charge in [0.15, 0.2) is 6.29 Å². The average Bonchev–Trinajstić information content (AvgIpc) is 2.79. The van der Waals surface area contributed by atoms with Crippen molar-refractivity contribution in [3.05, 3.63) is 11.4 Å². The molecule has 5 heteroatoms. The van der Waals surface area contributed by atoms with E-state index in [1.807, 2.05) is 7.05 Å². The Bertz CT molecular complexity index is 242. The smallest absolute Gasteiger partial charge is 0.219 e. The van der Waals surface area contributed by atoms with E-state index in [9.17, 15) is 0 Å². The van der Waals surface area contributed by atoms with E-state index < -0.39 is 0 Å². The minimum absolute atomic E-state index is 0.155. The van der Waals surface area contributed by atoms with E-state index in [4.69, 9.17) is 21.2 Å². The molecule has 98 valence electrons. The van der Waals surface area contributed by atoms with Gasteiger partial charge in [0.2, 0.25) is 6.54 Å². The first kappa shape index (κ1) is 14.4. The van der Waals surface area contributed by atoms with Crippen LogP contribution in [0.5, 0.6) is 0 Å². The summed E-state index contributed by atoms with van der Waals surface area (Å²) in [6.07, 6.45) is 2.39. The van der Waals surface area contributed by atoms with Gasteiger partial charge >= 0.3 is 0 Å². The van der Waals surface area contributed by atoms with Crippen LogP contribution in [0.25, 0.3) is 4.85 Å². The van der Waals surface area contributed by atoms with Crippen molar-refractivity contribution in [3.8, 4) is 0 Å². The van der Waals surface area contributed by atoms with Crippen molar-refractivity contribution in [2.75, 3.05) is 39.9 Å². The molecular formula is C12H22N2O3. The van der Waals surface area contributed by atoms with Crippen molar-refractivity contribution in [1.29, 1.82) is 0 Å². The molecule has 5 nitrogen and oxygen atoms in total. The van der Waals surface area contributed by atoms with Crippen LogP contribution in [0.4, 0.5) is 0 Å². The number of aliphatic hydroxyl groups is 1. The van der Waals surface area contributed by atoms with E-state index in [2.05, 4.69) is 9.74 Å². The van der Waals surface area contributed by atoms with Crippen molar-refractivity contribution >= 4 is 0 Å². The first-order valence-electron chi connectivity index (χ1n) is 6.16. The SMILES string of the molecule is [C-]#[N+]CCC1OCC(CCN(C)CCCO)O1. The molecule has 1 saturated heterocycles. The van der Waals surface area contributed by atoms with Crippen molar-refractivity contribution < 1.29 is 14.6 Å². The van der Waals surface area contributed by atoms with E-state index in [-0.39, 0.29) is 19.0 Å². The van der Waals surface area contributed by atoms with Crippen molar-refractivity contribution in [2.45, 2.75) is 31.7 Å². The van der Waals surface area contributed by atoms with Gasteiger partial charge in [-0.15, -0.1) is 0 Å². The van der Waals surface area contributed by atoms with Crippen LogP contribution < -0.4 is 0 Å². The standard InChI is InChI=1S/C12H22N2O3/c1-13-6-4-12-16-10-11(17-12)5-8-14(2)7-3-9-15/h11-12,15H,3-10H2,2H3. The zero-order valence-corrected chi connectivity index (χ0v) is 10.5. The highest BCUT2D eigenvalue weighted by Gasteiger charge is 2.26. The molecule has 0 aromatic carbocycles. The molecule has 0 amide bonds. The second-order valence-electron chi connectivity index (χ2n) is 4.36. The fourth-order valence-corrected chi connectivity index (χ4v) is 1.80. The lowest BCUT2D eigenvalue weighted by molar-refractivity contribution is -0.0606. The summed E-state index contributed by atoms with van der Waals surface area (Å²) in [5, 5.41) is 8.72. The second-order valence-corrected chi connectivity index (χ2v) is 4.36. The van der Waals surface area contributed by atoms with Crippen molar-refractivity contribution in [3.63, 3.8) is 0 Å². The molecule has 17 heavy (non-hydrogen) atoms.